The van der Waals surface area contributed by atoms with E-state index in [9.17, 15) is 4.39 Å². The number of ether oxygens (including phenoxy) is 3. The first-order valence-electron chi connectivity index (χ1n) is 10.6. The van der Waals surface area contributed by atoms with Crippen molar-refractivity contribution in [3.63, 3.8) is 0 Å². The van der Waals surface area contributed by atoms with Crippen LogP contribution < -0.4 is 14.2 Å². The van der Waals surface area contributed by atoms with Gasteiger partial charge in [-0.1, -0.05) is 24.3 Å². The molecular weight excluding hydrogens is 393 g/mol. The summed E-state index contributed by atoms with van der Waals surface area (Å²) in [6.07, 6.45) is 2.12. The zero-order valence-corrected chi connectivity index (χ0v) is 18.0. The van der Waals surface area contributed by atoms with Crippen LogP contribution in [0.4, 0.5) is 4.39 Å². The van der Waals surface area contributed by atoms with Gasteiger partial charge in [-0.2, -0.15) is 0 Å². The molecule has 0 aromatic heterocycles. The zero-order chi connectivity index (χ0) is 21.6. The molecule has 0 aliphatic carbocycles. The molecular formula is C26H28FNO3. The highest BCUT2D eigenvalue weighted by Gasteiger charge is 2.21. The van der Waals surface area contributed by atoms with Crippen LogP contribution in [0.1, 0.15) is 18.4 Å². The van der Waals surface area contributed by atoms with Gasteiger partial charge in [-0.25, -0.2) is 4.39 Å². The molecule has 0 N–H and O–H groups in total. The summed E-state index contributed by atoms with van der Waals surface area (Å²) in [4.78, 5) is 2.39. The minimum Gasteiger partial charge on any atom is -0.497 e. The molecule has 1 aliphatic rings. The molecule has 4 nitrogen and oxygen atoms in total. The van der Waals surface area contributed by atoms with Gasteiger partial charge in [0.1, 0.15) is 29.2 Å². The molecule has 1 saturated heterocycles. The average molecular weight is 422 g/mol. The van der Waals surface area contributed by atoms with E-state index >= 15 is 0 Å². The molecule has 1 heterocycles. The van der Waals surface area contributed by atoms with Crippen LogP contribution in [-0.4, -0.2) is 38.3 Å². The standard InChI is InChI=1S/C26H28FNO3/c1-29-23-10-11-26(30-2)25(17-23)20-4-3-5-24(16-20)31-22-12-14-28(15-13-22)18-19-6-8-21(27)9-7-19/h3-11,16-17,22H,12-15,18H2,1-2H3. The fourth-order valence-corrected chi connectivity index (χ4v) is 4.00. The van der Waals surface area contributed by atoms with E-state index in [4.69, 9.17) is 14.2 Å². The quantitative estimate of drug-likeness (QED) is 0.500. The second kappa shape index (κ2) is 9.84. The van der Waals surface area contributed by atoms with E-state index in [1.807, 2.05) is 42.5 Å². The third-order valence-corrected chi connectivity index (χ3v) is 5.71. The SMILES string of the molecule is COc1ccc(OC)c(-c2cccc(OC3CCN(Cc4ccc(F)cc4)CC3)c2)c1. The summed E-state index contributed by atoms with van der Waals surface area (Å²) in [5.41, 5.74) is 3.14. The van der Waals surface area contributed by atoms with E-state index < -0.39 is 0 Å². The van der Waals surface area contributed by atoms with Gasteiger partial charge >= 0.3 is 0 Å². The monoisotopic (exact) mass is 421 g/mol. The van der Waals surface area contributed by atoms with Crippen molar-refractivity contribution in [2.75, 3.05) is 27.3 Å². The molecule has 4 rings (SSSR count). The largest absolute Gasteiger partial charge is 0.497 e. The topological polar surface area (TPSA) is 30.9 Å². The van der Waals surface area contributed by atoms with Gasteiger partial charge < -0.3 is 14.2 Å². The molecule has 0 radical (unpaired) electrons. The summed E-state index contributed by atoms with van der Waals surface area (Å²) < 4.78 is 30.3. The van der Waals surface area contributed by atoms with Crippen LogP contribution in [0, 0.1) is 5.82 Å². The highest BCUT2D eigenvalue weighted by atomic mass is 19.1. The van der Waals surface area contributed by atoms with Gasteiger partial charge in [0.05, 0.1) is 14.2 Å². The fourth-order valence-electron chi connectivity index (χ4n) is 4.00. The third-order valence-electron chi connectivity index (χ3n) is 5.71. The van der Waals surface area contributed by atoms with Crippen molar-refractivity contribution in [1.29, 1.82) is 0 Å². The maximum Gasteiger partial charge on any atom is 0.126 e. The molecule has 0 unspecified atom stereocenters. The minimum atomic E-state index is -0.190. The third kappa shape index (κ3) is 5.36. The Kier molecular flexibility index (Phi) is 6.73. The van der Waals surface area contributed by atoms with E-state index in [2.05, 4.69) is 17.0 Å². The Balaban J connectivity index is 1.38. The molecule has 0 bridgehead atoms. The molecule has 162 valence electrons. The second-order valence-corrected chi connectivity index (χ2v) is 7.81. The Hall–Kier alpha value is -3.05. The van der Waals surface area contributed by atoms with Crippen LogP contribution in [0.5, 0.6) is 17.2 Å². The summed E-state index contributed by atoms with van der Waals surface area (Å²) in [5, 5.41) is 0. The highest BCUT2D eigenvalue weighted by Crippen LogP contribution is 2.35. The van der Waals surface area contributed by atoms with Gasteiger partial charge in [0.2, 0.25) is 0 Å². The summed E-state index contributed by atoms with van der Waals surface area (Å²) >= 11 is 0. The molecule has 1 aliphatic heterocycles. The number of benzene rings is 3. The molecule has 31 heavy (non-hydrogen) atoms. The lowest BCUT2D eigenvalue weighted by atomic mass is 10.0. The van der Waals surface area contributed by atoms with Crippen molar-refractivity contribution < 1.29 is 18.6 Å². The van der Waals surface area contributed by atoms with Gasteiger partial charge in [-0.15, -0.1) is 0 Å². The van der Waals surface area contributed by atoms with E-state index in [0.29, 0.717) is 0 Å². The molecule has 3 aromatic carbocycles. The van der Waals surface area contributed by atoms with Crippen molar-refractivity contribution in [2.45, 2.75) is 25.5 Å². The Morgan fingerprint density at radius 1 is 0.871 bits per heavy atom. The van der Waals surface area contributed by atoms with Crippen LogP contribution in [0.3, 0.4) is 0 Å². The Bertz CT molecular complexity index is 998. The molecule has 0 spiro atoms. The van der Waals surface area contributed by atoms with E-state index in [-0.39, 0.29) is 11.9 Å². The number of likely N-dealkylation sites (tertiary alicyclic amines) is 1. The van der Waals surface area contributed by atoms with Crippen LogP contribution in [0.15, 0.2) is 66.7 Å². The van der Waals surface area contributed by atoms with Gasteiger partial charge in [-0.3, -0.25) is 4.90 Å². The van der Waals surface area contributed by atoms with Gasteiger partial charge in [0, 0.05) is 25.2 Å². The maximum absolute atomic E-state index is 13.1. The zero-order valence-electron chi connectivity index (χ0n) is 18.0. The van der Waals surface area contributed by atoms with Gasteiger partial charge in [-0.05, 0) is 66.4 Å². The van der Waals surface area contributed by atoms with Crippen molar-refractivity contribution in [3.8, 4) is 28.4 Å². The number of piperidine rings is 1. The van der Waals surface area contributed by atoms with E-state index in [1.165, 1.54) is 12.1 Å². The fraction of sp³-hybridized carbons (Fsp3) is 0.308. The Morgan fingerprint density at radius 2 is 1.65 bits per heavy atom. The summed E-state index contributed by atoms with van der Waals surface area (Å²) in [6, 6.07) is 20.7. The number of hydrogen-bond donors (Lipinski definition) is 0. The van der Waals surface area contributed by atoms with Crippen molar-refractivity contribution in [1.82, 2.24) is 4.90 Å². The smallest absolute Gasteiger partial charge is 0.126 e. The number of halogens is 1. The van der Waals surface area contributed by atoms with Crippen LogP contribution >= 0.6 is 0 Å². The minimum absolute atomic E-state index is 0.187. The molecule has 3 aromatic rings. The lowest BCUT2D eigenvalue weighted by Gasteiger charge is -2.32. The van der Waals surface area contributed by atoms with Crippen LogP contribution in [-0.2, 0) is 6.54 Å². The van der Waals surface area contributed by atoms with Crippen molar-refractivity contribution in [2.24, 2.45) is 0 Å². The summed E-state index contributed by atoms with van der Waals surface area (Å²) in [5.74, 6) is 2.26. The van der Waals surface area contributed by atoms with Gasteiger partial charge in [0.25, 0.3) is 0 Å². The molecule has 1 fully saturated rings. The van der Waals surface area contributed by atoms with Gasteiger partial charge in [0.15, 0.2) is 0 Å². The number of rotatable bonds is 7. The Labute approximate surface area is 183 Å². The first-order chi connectivity index (χ1) is 15.1. The lowest BCUT2D eigenvalue weighted by Crippen LogP contribution is -2.37. The molecule has 5 heteroatoms. The molecule has 0 saturated carbocycles. The Morgan fingerprint density at radius 3 is 2.35 bits per heavy atom. The lowest BCUT2D eigenvalue weighted by molar-refractivity contribution is 0.0968. The van der Waals surface area contributed by atoms with Crippen molar-refractivity contribution in [3.05, 3.63) is 78.1 Å². The number of nitrogens with zero attached hydrogens (tertiary/aromatic N) is 1. The first-order valence-corrected chi connectivity index (χ1v) is 10.6. The molecule has 0 atom stereocenters. The molecule has 0 amide bonds. The first kappa shape index (κ1) is 21.2. The van der Waals surface area contributed by atoms with Crippen molar-refractivity contribution >= 4 is 0 Å². The number of hydrogen-bond acceptors (Lipinski definition) is 4. The summed E-state index contributed by atoms with van der Waals surface area (Å²) in [6.45, 7) is 2.77. The van der Waals surface area contributed by atoms with Crippen LogP contribution in [0.2, 0.25) is 0 Å². The summed E-state index contributed by atoms with van der Waals surface area (Å²) in [7, 11) is 3.33. The normalized spacial score (nSPS) is 14.9. The predicted molar refractivity (Wildman–Crippen MR) is 120 cm³/mol. The average Bonchev–Trinajstić information content (AvgIpc) is 2.81. The van der Waals surface area contributed by atoms with E-state index in [1.54, 1.807) is 14.2 Å². The van der Waals surface area contributed by atoms with Crippen LogP contribution in [0.25, 0.3) is 11.1 Å². The van der Waals surface area contributed by atoms with E-state index in [0.717, 1.165) is 66.4 Å². The highest BCUT2D eigenvalue weighted by molar-refractivity contribution is 5.73. The number of methoxy groups -OCH3 is 2. The second-order valence-electron chi connectivity index (χ2n) is 7.81. The maximum atomic E-state index is 13.1. The predicted octanol–water partition coefficient (Wildman–Crippen LogP) is 5.55.